The third kappa shape index (κ3) is 4.83. The minimum absolute atomic E-state index is 0.0763. The lowest BCUT2D eigenvalue weighted by molar-refractivity contribution is -0.124. The van der Waals surface area contributed by atoms with Crippen molar-refractivity contribution in [1.82, 2.24) is 10.6 Å². The molecule has 0 heterocycles. The number of hydrogen-bond donors (Lipinski definition) is 2. The monoisotopic (exact) mass is 404 g/mol. The summed E-state index contributed by atoms with van der Waals surface area (Å²) in [5.41, 5.74) is 0.452. The highest BCUT2D eigenvalue weighted by Crippen LogP contribution is 2.49. The van der Waals surface area contributed by atoms with Gasteiger partial charge in [0.25, 0.3) is 5.91 Å². The third-order valence-electron chi connectivity index (χ3n) is 6.39. The first-order valence-electron chi connectivity index (χ1n) is 10.3. The van der Waals surface area contributed by atoms with E-state index in [0.717, 1.165) is 17.6 Å². The van der Waals surface area contributed by atoms with Gasteiger partial charge in [0, 0.05) is 6.04 Å². The zero-order chi connectivity index (χ0) is 20.1. The molecule has 28 heavy (non-hydrogen) atoms. The average molecular weight is 405 g/mol. The topological polar surface area (TPSA) is 67.4 Å². The smallest absolute Gasteiger partial charge is 0.255 e. The second-order valence-electron chi connectivity index (χ2n) is 8.14. The molecule has 0 aliphatic heterocycles. The molecule has 0 radical (unpaired) electrons. The van der Waals surface area contributed by atoms with Crippen molar-refractivity contribution in [3.8, 4) is 5.75 Å². The van der Waals surface area contributed by atoms with E-state index >= 15 is 0 Å². The Morgan fingerprint density at radius 3 is 2.64 bits per heavy atom. The van der Waals surface area contributed by atoms with Gasteiger partial charge >= 0.3 is 0 Å². The molecular weight excluding hydrogens is 372 g/mol. The minimum atomic E-state index is -0.536. The van der Waals surface area contributed by atoms with Gasteiger partial charge in [-0.25, -0.2) is 0 Å². The molecule has 0 saturated heterocycles. The van der Waals surface area contributed by atoms with Gasteiger partial charge in [-0.15, -0.1) is 0 Å². The number of amides is 2. The lowest BCUT2D eigenvalue weighted by Gasteiger charge is -2.30. The van der Waals surface area contributed by atoms with Gasteiger partial charge in [-0.05, 0) is 74.5 Å². The molecule has 2 bridgehead atoms. The SMILES string of the molecule is COc1ccccc1C(=O)NC(CCSC)C(=O)NC(C)C1CC2CCC1C2. The number of fused-ring (bicyclic) bond motifs is 2. The van der Waals surface area contributed by atoms with Crippen molar-refractivity contribution in [1.29, 1.82) is 0 Å². The molecule has 2 fully saturated rings. The third-order valence-corrected chi connectivity index (χ3v) is 7.03. The average Bonchev–Trinajstić information content (AvgIpc) is 3.34. The minimum Gasteiger partial charge on any atom is -0.496 e. The fourth-order valence-corrected chi connectivity index (χ4v) is 5.38. The first-order chi connectivity index (χ1) is 13.5. The number of carbonyl (C=O) groups is 2. The second kappa shape index (κ2) is 9.68. The maximum Gasteiger partial charge on any atom is 0.255 e. The Balaban J connectivity index is 1.63. The van der Waals surface area contributed by atoms with Crippen LogP contribution in [-0.4, -0.2) is 43.0 Å². The molecule has 1 aromatic rings. The molecule has 6 heteroatoms. The molecule has 2 N–H and O–H groups in total. The maximum absolute atomic E-state index is 13.0. The van der Waals surface area contributed by atoms with Gasteiger partial charge in [0.05, 0.1) is 12.7 Å². The molecule has 0 aromatic heterocycles. The number of benzene rings is 1. The number of thioether (sulfide) groups is 1. The zero-order valence-electron chi connectivity index (χ0n) is 17.1. The summed E-state index contributed by atoms with van der Waals surface area (Å²) in [6.07, 6.45) is 7.83. The number of ether oxygens (including phenoxy) is 1. The van der Waals surface area contributed by atoms with Crippen molar-refractivity contribution in [2.24, 2.45) is 17.8 Å². The number of carbonyl (C=O) groups excluding carboxylic acids is 2. The van der Waals surface area contributed by atoms with E-state index in [1.807, 2.05) is 12.3 Å². The molecule has 2 amide bonds. The van der Waals surface area contributed by atoms with Gasteiger partial charge in [-0.3, -0.25) is 9.59 Å². The van der Waals surface area contributed by atoms with Crippen molar-refractivity contribution in [2.45, 2.75) is 51.1 Å². The Labute approximate surface area is 172 Å². The van der Waals surface area contributed by atoms with E-state index in [4.69, 9.17) is 4.74 Å². The van der Waals surface area contributed by atoms with Gasteiger partial charge in [-0.1, -0.05) is 18.6 Å². The molecular formula is C22H32N2O3S. The molecule has 1 aromatic carbocycles. The highest BCUT2D eigenvalue weighted by atomic mass is 32.2. The van der Waals surface area contributed by atoms with E-state index in [0.29, 0.717) is 23.7 Å². The maximum atomic E-state index is 13.0. The second-order valence-corrected chi connectivity index (χ2v) is 9.13. The van der Waals surface area contributed by atoms with E-state index in [2.05, 4.69) is 17.6 Å². The van der Waals surface area contributed by atoms with Crippen LogP contribution in [0.2, 0.25) is 0 Å². The molecule has 3 rings (SSSR count). The van der Waals surface area contributed by atoms with Gasteiger partial charge in [0.2, 0.25) is 5.91 Å². The summed E-state index contributed by atoms with van der Waals surface area (Å²) in [6.45, 7) is 2.12. The first-order valence-corrected chi connectivity index (χ1v) is 11.7. The highest BCUT2D eigenvalue weighted by molar-refractivity contribution is 7.98. The molecule has 5 unspecified atom stereocenters. The van der Waals surface area contributed by atoms with Crippen molar-refractivity contribution in [3.63, 3.8) is 0 Å². The first kappa shape index (κ1) is 21.0. The zero-order valence-corrected chi connectivity index (χ0v) is 17.9. The van der Waals surface area contributed by atoms with Crippen molar-refractivity contribution in [2.75, 3.05) is 19.1 Å². The van der Waals surface area contributed by atoms with Crippen LogP contribution in [0.4, 0.5) is 0 Å². The van der Waals surface area contributed by atoms with E-state index in [1.54, 1.807) is 37.1 Å². The van der Waals surface area contributed by atoms with E-state index in [9.17, 15) is 9.59 Å². The molecule has 2 saturated carbocycles. The molecule has 2 aliphatic carbocycles. The summed E-state index contributed by atoms with van der Waals surface area (Å²) >= 11 is 1.68. The number of nitrogens with one attached hydrogen (secondary N) is 2. The molecule has 154 valence electrons. The normalized spacial score (nSPS) is 25.2. The van der Waals surface area contributed by atoms with Gasteiger partial charge < -0.3 is 15.4 Å². The predicted molar refractivity (Wildman–Crippen MR) is 114 cm³/mol. The quantitative estimate of drug-likeness (QED) is 0.661. The van der Waals surface area contributed by atoms with E-state index < -0.39 is 6.04 Å². The van der Waals surface area contributed by atoms with Crippen LogP contribution in [0.3, 0.4) is 0 Å². The Hall–Kier alpha value is -1.69. The summed E-state index contributed by atoms with van der Waals surface area (Å²) in [4.78, 5) is 25.7. The number of rotatable bonds is 9. The summed E-state index contributed by atoms with van der Waals surface area (Å²) in [5, 5.41) is 6.14. The van der Waals surface area contributed by atoms with Crippen LogP contribution in [0.1, 0.15) is 49.4 Å². The van der Waals surface area contributed by atoms with Gasteiger partial charge in [0.1, 0.15) is 11.8 Å². The number of methoxy groups -OCH3 is 1. The lowest BCUT2D eigenvalue weighted by atomic mass is 9.84. The Bertz CT molecular complexity index is 696. The summed E-state index contributed by atoms with van der Waals surface area (Å²) in [5.74, 6) is 3.17. The lowest BCUT2D eigenvalue weighted by Crippen LogP contribution is -2.51. The van der Waals surface area contributed by atoms with Crippen LogP contribution in [0.25, 0.3) is 0 Å². The molecule has 5 atom stereocenters. The largest absolute Gasteiger partial charge is 0.496 e. The predicted octanol–water partition coefficient (Wildman–Crippen LogP) is 3.49. The highest BCUT2D eigenvalue weighted by Gasteiger charge is 2.42. The summed E-state index contributed by atoms with van der Waals surface area (Å²) < 4.78 is 5.28. The fourth-order valence-electron chi connectivity index (χ4n) is 4.91. The summed E-state index contributed by atoms with van der Waals surface area (Å²) in [6, 6.07) is 6.71. The Morgan fingerprint density at radius 1 is 1.21 bits per heavy atom. The van der Waals surface area contributed by atoms with Crippen LogP contribution < -0.4 is 15.4 Å². The van der Waals surface area contributed by atoms with Crippen LogP contribution in [0, 0.1) is 17.8 Å². The fraction of sp³-hybridized carbons (Fsp3) is 0.636. The van der Waals surface area contributed by atoms with Crippen molar-refractivity contribution in [3.05, 3.63) is 29.8 Å². The van der Waals surface area contributed by atoms with Crippen molar-refractivity contribution < 1.29 is 14.3 Å². The number of para-hydroxylation sites is 1. The van der Waals surface area contributed by atoms with Crippen LogP contribution in [-0.2, 0) is 4.79 Å². The molecule has 5 nitrogen and oxygen atoms in total. The van der Waals surface area contributed by atoms with Gasteiger partial charge in [0.15, 0.2) is 0 Å². The number of hydrogen-bond acceptors (Lipinski definition) is 4. The van der Waals surface area contributed by atoms with E-state index in [1.165, 1.54) is 25.7 Å². The van der Waals surface area contributed by atoms with Crippen LogP contribution in [0.15, 0.2) is 24.3 Å². The van der Waals surface area contributed by atoms with Crippen LogP contribution >= 0.6 is 11.8 Å². The van der Waals surface area contributed by atoms with Gasteiger partial charge in [-0.2, -0.15) is 11.8 Å². The Morgan fingerprint density at radius 2 is 2.00 bits per heavy atom. The molecule has 0 spiro atoms. The molecule has 2 aliphatic rings. The standard InChI is InChI=1S/C22H32N2O3S/c1-14(18-13-15-8-9-16(18)12-15)23-22(26)19(10-11-28-3)24-21(25)17-6-4-5-7-20(17)27-2/h4-7,14-16,18-19H,8-13H2,1-3H3,(H,23,26)(H,24,25). The van der Waals surface area contributed by atoms with Crippen LogP contribution in [0.5, 0.6) is 5.75 Å². The van der Waals surface area contributed by atoms with Crippen molar-refractivity contribution >= 4 is 23.6 Å². The van der Waals surface area contributed by atoms with E-state index in [-0.39, 0.29) is 17.9 Å². The Kier molecular flexibility index (Phi) is 7.27. The summed E-state index contributed by atoms with van der Waals surface area (Å²) in [7, 11) is 1.54.